The van der Waals surface area contributed by atoms with E-state index in [4.69, 9.17) is 0 Å². The highest BCUT2D eigenvalue weighted by molar-refractivity contribution is 6.00. The molecule has 1 aromatic heterocycles. The number of nitrogens with zero attached hydrogens (tertiary/aromatic N) is 2. The molecular weight excluding hydrogens is 328 g/mol. The van der Waals surface area contributed by atoms with Crippen LogP contribution in [-0.4, -0.2) is 22.6 Å². The third-order valence-corrected chi connectivity index (χ3v) is 3.86. The number of anilines is 1. The summed E-state index contributed by atoms with van der Waals surface area (Å²) in [4.78, 5) is 23.4. The molecule has 3 rings (SSSR count). The molecule has 132 valence electrons. The van der Waals surface area contributed by atoms with E-state index >= 15 is 0 Å². The summed E-state index contributed by atoms with van der Waals surface area (Å²) >= 11 is 0. The van der Waals surface area contributed by atoms with Crippen molar-refractivity contribution in [2.45, 2.75) is 20.4 Å². The third kappa shape index (κ3) is 4.16. The number of hydrazone groups is 1. The van der Waals surface area contributed by atoms with Crippen LogP contribution in [0.25, 0.3) is 10.9 Å². The Morgan fingerprint density at radius 1 is 1.15 bits per heavy atom. The van der Waals surface area contributed by atoms with Gasteiger partial charge in [-0.05, 0) is 30.7 Å². The number of nitrogens with one attached hydrogen (secondary N) is 2. The summed E-state index contributed by atoms with van der Waals surface area (Å²) < 4.78 is 1.87. The van der Waals surface area contributed by atoms with Gasteiger partial charge >= 0.3 is 0 Å². The topological polar surface area (TPSA) is 75.5 Å². The first kappa shape index (κ1) is 17.4. The van der Waals surface area contributed by atoms with Gasteiger partial charge in [-0.15, -0.1) is 0 Å². The van der Waals surface area contributed by atoms with Gasteiger partial charge < -0.3 is 9.88 Å². The minimum absolute atomic E-state index is 0.110. The monoisotopic (exact) mass is 348 g/mol. The lowest BCUT2D eigenvalue weighted by atomic mass is 10.2. The fourth-order valence-electron chi connectivity index (χ4n) is 2.78. The number of hydrogen-bond donors (Lipinski definition) is 2. The number of amides is 2. The van der Waals surface area contributed by atoms with Gasteiger partial charge in [0.05, 0.1) is 6.21 Å². The molecule has 0 spiro atoms. The van der Waals surface area contributed by atoms with E-state index in [1.807, 2.05) is 66.2 Å². The number of hydrogen-bond acceptors (Lipinski definition) is 3. The van der Waals surface area contributed by atoms with Crippen molar-refractivity contribution in [1.29, 1.82) is 0 Å². The zero-order valence-electron chi connectivity index (χ0n) is 14.7. The number of aryl methyl sites for hydroxylation is 1. The van der Waals surface area contributed by atoms with Crippen LogP contribution < -0.4 is 10.7 Å². The van der Waals surface area contributed by atoms with Crippen LogP contribution in [0.3, 0.4) is 0 Å². The van der Waals surface area contributed by atoms with Crippen molar-refractivity contribution in [3.05, 3.63) is 65.9 Å². The largest absolute Gasteiger partial charge is 0.337 e. The van der Waals surface area contributed by atoms with E-state index in [9.17, 15) is 9.59 Å². The van der Waals surface area contributed by atoms with Gasteiger partial charge in [0.1, 0.15) is 6.54 Å². The van der Waals surface area contributed by atoms with E-state index < -0.39 is 0 Å². The average molecular weight is 348 g/mol. The molecule has 6 heteroatoms. The molecule has 3 aromatic rings. The Hall–Kier alpha value is -3.41. The van der Waals surface area contributed by atoms with Gasteiger partial charge in [-0.3, -0.25) is 9.59 Å². The molecule has 0 aliphatic rings. The first-order valence-corrected chi connectivity index (χ1v) is 8.27. The van der Waals surface area contributed by atoms with Crippen LogP contribution >= 0.6 is 0 Å². The minimum atomic E-state index is -0.234. The third-order valence-electron chi connectivity index (χ3n) is 3.86. The Bertz CT molecular complexity index is 988. The van der Waals surface area contributed by atoms with Gasteiger partial charge in [0.2, 0.25) is 11.8 Å². The van der Waals surface area contributed by atoms with Crippen molar-refractivity contribution in [2.75, 3.05) is 5.32 Å². The summed E-state index contributed by atoms with van der Waals surface area (Å²) in [6.07, 6.45) is 3.44. The van der Waals surface area contributed by atoms with E-state index in [1.54, 1.807) is 6.21 Å². The predicted octanol–water partition coefficient (Wildman–Crippen LogP) is 3.06. The molecule has 2 amide bonds. The maximum Gasteiger partial charge on any atom is 0.244 e. The maximum absolute atomic E-state index is 12.4. The highest BCUT2D eigenvalue weighted by atomic mass is 16.2. The van der Waals surface area contributed by atoms with Crippen molar-refractivity contribution in [1.82, 2.24) is 9.99 Å². The van der Waals surface area contributed by atoms with Crippen LogP contribution in [0, 0.1) is 6.92 Å². The lowest BCUT2D eigenvalue weighted by molar-refractivity contribution is -0.119. The smallest absolute Gasteiger partial charge is 0.244 e. The summed E-state index contributed by atoms with van der Waals surface area (Å²) in [5.41, 5.74) is 6.01. The highest BCUT2D eigenvalue weighted by Crippen LogP contribution is 2.20. The lowest BCUT2D eigenvalue weighted by Crippen LogP contribution is -2.18. The first-order chi connectivity index (χ1) is 12.5. The molecule has 0 aliphatic heterocycles. The molecule has 2 N–H and O–H groups in total. The quantitative estimate of drug-likeness (QED) is 0.549. The summed E-state index contributed by atoms with van der Waals surface area (Å²) in [6.45, 7) is 3.56. The summed E-state index contributed by atoms with van der Waals surface area (Å²) in [7, 11) is 0. The molecule has 26 heavy (non-hydrogen) atoms. The van der Waals surface area contributed by atoms with Gasteiger partial charge in [-0.2, -0.15) is 5.10 Å². The minimum Gasteiger partial charge on any atom is -0.337 e. The van der Waals surface area contributed by atoms with Gasteiger partial charge in [0.15, 0.2) is 0 Å². The van der Waals surface area contributed by atoms with Crippen LogP contribution in [0.1, 0.15) is 18.1 Å². The molecule has 0 saturated heterocycles. The maximum atomic E-state index is 12.4. The lowest BCUT2D eigenvalue weighted by Gasteiger charge is -2.08. The van der Waals surface area contributed by atoms with Gasteiger partial charge in [0.25, 0.3) is 0 Å². The zero-order chi connectivity index (χ0) is 18.5. The van der Waals surface area contributed by atoms with Crippen LogP contribution in [0.4, 0.5) is 5.69 Å². The second kappa shape index (κ2) is 7.65. The Balaban J connectivity index is 1.82. The van der Waals surface area contributed by atoms with Crippen molar-refractivity contribution in [3.8, 4) is 0 Å². The van der Waals surface area contributed by atoms with Crippen molar-refractivity contribution < 1.29 is 9.59 Å². The summed E-state index contributed by atoms with van der Waals surface area (Å²) in [5, 5.41) is 7.80. The number of carbonyl (C=O) groups is 2. The fraction of sp³-hybridized carbons (Fsp3) is 0.150. The van der Waals surface area contributed by atoms with E-state index in [2.05, 4.69) is 15.8 Å². The molecule has 0 saturated carbocycles. The van der Waals surface area contributed by atoms with Crippen molar-refractivity contribution in [3.63, 3.8) is 0 Å². The van der Waals surface area contributed by atoms with Crippen LogP contribution in [0.15, 0.2) is 59.8 Å². The number of benzene rings is 2. The van der Waals surface area contributed by atoms with Crippen LogP contribution in [0.5, 0.6) is 0 Å². The molecular formula is C20H20N4O2. The first-order valence-electron chi connectivity index (χ1n) is 8.27. The number of aromatic nitrogens is 1. The van der Waals surface area contributed by atoms with Gasteiger partial charge in [-0.25, -0.2) is 5.43 Å². The molecule has 0 radical (unpaired) electrons. The Morgan fingerprint density at radius 2 is 1.96 bits per heavy atom. The van der Waals surface area contributed by atoms with Crippen molar-refractivity contribution in [2.24, 2.45) is 5.10 Å². The number of rotatable bonds is 5. The van der Waals surface area contributed by atoms with E-state index in [0.29, 0.717) is 0 Å². The standard InChI is InChI=1S/C20H20N4O2/c1-14-6-5-7-17(10-14)22-20(26)13-24-12-16(11-21-23-15(2)25)18-8-3-4-9-19(18)24/h3-12H,13H2,1-2H3,(H,22,26)(H,23,25)/b21-11-. The molecule has 0 fully saturated rings. The van der Waals surface area contributed by atoms with Crippen LogP contribution in [-0.2, 0) is 16.1 Å². The van der Waals surface area contributed by atoms with E-state index in [1.165, 1.54) is 6.92 Å². The molecule has 0 aliphatic carbocycles. The zero-order valence-corrected chi connectivity index (χ0v) is 14.7. The Morgan fingerprint density at radius 3 is 2.73 bits per heavy atom. The van der Waals surface area contributed by atoms with Gasteiger partial charge in [-0.1, -0.05) is 30.3 Å². The number of carbonyl (C=O) groups excluding carboxylic acids is 2. The Kier molecular flexibility index (Phi) is 5.12. The number of para-hydroxylation sites is 1. The summed E-state index contributed by atoms with van der Waals surface area (Å²) in [5.74, 6) is -0.343. The highest BCUT2D eigenvalue weighted by Gasteiger charge is 2.10. The number of fused-ring (bicyclic) bond motifs is 1. The SMILES string of the molecule is CC(=O)N/N=C\c1cn(CC(=O)Nc2cccc(C)c2)c2ccccc12. The fourth-order valence-corrected chi connectivity index (χ4v) is 2.78. The molecule has 6 nitrogen and oxygen atoms in total. The predicted molar refractivity (Wildman–Crippen MR) is 103 cm³/mol. The Labute approximate surface area is 151 Å². The summed E-state index contributed by atoms with van der Waals surface area (Å²) in [6, 6.07) is 15.4. The molecule has 2 aromatic carbocycles. The average Bonchev–Trinajstić information content (AvgIpc) is 2.92. The second-order valence-electron chi connectivity index (χ2n) is 6.07. The molecule has 0 atom stereocenters. The molecule has 0 bridgehead atoms. The molecule has 0 unspecified atom stereocenters. The van der Waals surface area contributed by atoms with Crippen molar-refractivity contribution >= 4 is 34.6 Å². The van der Waals surface area contributed by atoms with Crippen LogP contribution in [0.2, 0.25) is 0 Å². The van der Waals surface area contributed by atoms with Gasteiger partial charge in [0, 0.05) is 35.3 Å². The normalized spacial score (nSPS) is 11.0. The molecule has 1 heterocycles. The van der Waals surface area contributed by atoms with E-state index in [-0.39, 0.29) is 18.4 Å². The second-order valence-corrected chi connectivity index (χ2v) is 6.07. The van der Waals surface area contributed by atoms with E-state index in [0.717, 1.165) is 27.7 Å².